The van der Waals surface area contributed by atoms with Crippen molar-refractivity contribution < 1.29 is 93.9 Å². The number of aromatic nitrogens is 1. The van der Waals surface area contributed by atoms with Crippen molar-refractivity contribution in [3.63, 3.8) is 0 Å². The van der Waals surface area contributed by atoms with Crippen LogP contribution in [-0.2, 0) is 124 Å². The van der Waals surface area contributed by atoms with Crippen molar-refractivity contribution >= 4 is 95.0 Å². The van der Waals surface area contributed by atoms with E-state index in [1.54, 1.807) is 72.9 Å². The molecule has 0 aliphatic heterocycles. The number of amides is 9. The maximum absolute atomic E-state index is 14.9. The van der Waals surface area contributed by atoms with Gasteiger partial charge in [0.2, 0.25) is 53.2 Å². The van der Waals surface area contributed by atoms with Crippen molar-refractivity contribution in [2.75, 3.05) is 82.5 Å². The van der Waals surface area contributed by atoms with Crippen LogP contribution in [0.15, 0.2) is 109 Å². The molecule has 0 aliphatic rings. The number of carbonyl (C=O) groups is 9. The number of unbranched alkanes of at least 4 members (excludes halogenated alkanes) is 1. The normalized spacial score (nSPS) is 14.1. The second-order valence-corrected chi connectivity index (χ2v) is 24.4. The summed E-state index contributed by atoms with van der Waals surface area (Å²) >= 11 is 10.5. The topological polar surface area (TPSA) is 501 Å². The monoisotopic (exact) mass is 1510 g/mol. The third-order valence-electron chi connectivity index (χ3n) is 15.7. The van der Waals surface area contributed by atoms with Crippen LogP contribution in [-0.4, -0.2) is 211 Å². The average Bonchev–Trinajstić information content (AvgIpc) is 1.63. The number of rotatable bonds is 45. The molecular formula is C67H94N15O15S2Tc. The molecule has 546 valence electrons. The number of ether oxygens (including phenoxy) is 1. The van der Waals surface area contributed by atoms with E-state index in [0.717, 1.165) is 25.1 Å². The zero-order chi connectivity index (χ0) is 71.5. The van der Waals surface area contributed by atoms with Gasteiger partial charge < -0.3 is 137 Å². The van der Waals surface area contributed by atoms with E-state index < -0.39 is 139 Å². The van der Waals surface area contributed by atoms with E-state index in [0.29, 0.717) is 65.9 Å². The molecule has 5 rings (SSSR count). The fourth-order valence-electron chi connectivity index (χ4n) is 10.4. The van der Waals surface area contributed by atoms with Gasteiger partial charge in [0.1, 0.15) is 43.4 Å². The fourth-order valence-corrected chi connectivity index (χ4v) is 10.8. The van der Waals surface area contributed by atoms with Crippen molar-refractivity contribution in [1.82, 2.24) is 58.2 Å². The SMILES string of the molecule is C[C@@H](O)C(CO)NC(=O)[C@H](C[S-])NC(=O)[C@@H](NC(=O)[C@H](CCCCN)NC(=O)[C@H](Cc1c[nH]c2ccccc12)NC(=O)[C@H](Cc1ccc([O-])cc1)NC(=O)[C@H](C[S-])NC(=O)[C@H](Cc1ccccc1)NC(=O)COCC(=O)Nc1ccc(CC(CNCCN)CNCCN)cc1)[C@@H](C)O.[99Tc+5].[O-2]. The maximum Gasteiger partial charge on any atom is 5.00 e. The number of nitrogens with one attached hydrogen (secondary N) is 12. The molecule has 0 aliphatic carbocycles. The van der Waals surface area contributed by atoms with Crippen molar-refractivity contribution in [1.29, 1.82) is 0 Å². The number of para-hydroxylation sites is 1. The van der Waals surface area contributed by atoms with Crippen LogP contribution in [0.25, 0.3) is 10.9 Å². The van der Waals surface area contributed by atoms with Crippen LogP contribution >= 0.6 is 0 Å². The predicted octanol–water partition coefficient (Wildman–Crippen LogP) is -4.09. The molecule has 33 heteroatoms. The van der Waals surface area contributed by atoms with Crippen LogP contribution in [0.3, 0.4) is 0 Å². The van der Waals surface area contributed by atoms with E-state index in [1.807, 2.05) is 12.1 Å². The molecule has 21 N–H and O–H groups in total. The Morgan fingerprint density at radius 2 is 1.01 bits per heavy atom. The molecule has 1 aromatic heterocycles. The van der Waals surface area contributed by atoms with Crippen LogP contribution in [0, 0.1) is 5.92 Å². The number of hydrogen-bond acceptors (Lipinski definition) is 21. The summed E-state index contributed by atoms with van der Waals surface area (Å²) in [6, 6.07) is 16.9. The average molecular weight is 1510 g/mol. The maximum atomic E-state index is 14.9. The molecule has 9 amide bonds. The Kier molecular flexibility index (Phi) is 40.5. The zero-order valence-electron chi connectivity index (χ0n) is 55.8. The van der Waals surface area contributed by atoms with E-state index in [-0.39, 0.29) is 81.7 Å². The number of H-pyrrole nitrogens is 1. The minimum absolute atomic E-state index is 0. The van der Waals surface area contributed by atoms with Gasteiger partial charge in [-0.2, -0.15) is 0 Å². The Labute approximate surface area is 606 Å². The van der Waals surface area contributed by atoms with Crippen LogP contribution in [0.1, 0.15) is 55.4 Å². The third kappa shape index (κ3) is 29.9. The van der Waals surface area contributed by atoms with Gasteiger partial charge in [0.25, 0.3) is 0 Å². The minimum atomic E-state index is -1.73. The summed E-state index contributed by atoms with van der Waals surface area (Å²) in [5.41, 5.74) is 20.9. The first kappa shape index (κ1) is 86.6. The molecule has 30 nitrogen and oxygen atoms in total. The molecule has 1 heterocycles. The molecule has 5 aromatic rings. The molecule has 100 heavy (non-hydrogen) atoms. The molecular weight excluding hydrogens is 1420 g/mol. The van der Waals surface area contributed by atoms with E-state index in [2.05, 4.69) is 63.5 Å². The summed E-state index contributed by atoms with van der Waals surface area (Å²) in [6.07, 6.45) is -0.352. The van der Waals surface area contributed by atoms with Crippen molar-refractivity contribution in [3.8, 4) is 5.75 Å². The van der Waals surface area contributed by atoms with Gasteiger partial charge in [0.15, 0.2) is 0 Å². The van der Waals surface area contributed by atoms with Crippen LogP contribution in [0.4, 0.5) is 5.69 Å². The van der Waals surface area contributed by atoms with Gasteiger partial charge in [0.05, 0.1) is 36.9 Å². The van der Waals surface area contributed by atoms with Crippen molar-refractivity contribution in [2.24, 2.45) is 23.1 Å². The summed E-state index contributed by atoms with van der Waals surface area (Å²) in [7, 11) is 0. The van der Waals surface area contributed by atoms with E-state index in [9.17, 15) is 63.6 Å². The molecule has 4 aromatic carbocycles. The molecule has 0 bridgehead atoms. The molecule has 10 atom stereocenters. The van der Waals surface area contributed by atoms with Crippen LogP contribution in [0.5, 0.6) is 5.75 Å². The summed E-state index contributed by atoms with van der Waals surface area (Å²) in [5.74, 6) is -8.74. The molecule has 0 spiro atoms. The number of carbonyl (C=O) groups excluding carboxylic acids is 9. The number of fused-ring (bicyclic) bond motifs is 1. The van der Waals surface area contributed by atoms with E-state index in [4.69, 9.17) is 47.2 Å². The van der Waals surface area contributed by atoms with Gasteiger partial charge in [-0.05, 0) is 106 Å². The number of aromatic amines is 1. The van der Waals surface area contributed by atoms with E-state index in [1.165, 1.54) is 38.1 Å². The van der Waals surface area contributed by atoms with Gasteiger partial charge in [0, 0.05) is 68.2 Å². The second kappa shape index (κ2) is 46.8. The number of anilines is 1. The summed E-state index contributed by atoms with van der Waals surface area (Å²) < 4.78 is 5.48. The first-order chi connectivity index (χ1) is 47.1. The van der Waals surface area contributed by atoms with Crippen molar-refractivity contribution in [2.45, 2.75) is 119 Å². The van der Waals surface area contributed by atoms with E-state index >= 15 is 0 Å². The number of hydrogen-bond donors (Lipinski definition) is 18. The third-order valence-corrected chi connectivity index (χ3v) is 16.4. The number of benzene rings is 4. The van der Waals surface area contributed by atoms with Crippen LogP contribution in [0.2, 0.25) is 0 Å². The quantitative estimate of drug-likeness (QED) is 0.0130. The largest absolute Gasteiger partial charge is 5.00 e. The first-order valence-corrected chi connectivity index (χ1v) is 33.6. The van der Waals surface area contributed by atoms with Gasteiger partial charge in [-0.25, -0.2) is 0 Å². The molecule has 1 unspecified atom stereocenters. The number of aliphatic hydroxyl groups excluding tert-OH is 3. The minimum Gasteiger partial charge on any atom is -2.00 e. The van der Waals surface area contributed by atoms with Crippen LogP contribution < -0.4 is 80.8 Å². The van der Waals surface area contributed by atoms with Crippen molar-refractivity contribution in [3.05, 3.63) is 132 Å². The number of nitrogens with two attached hydrogens (primary N) is 3. The smallest absolute Gasteiger partial charge is 2.00 e. The number of aliphatic hydroxyl groups is 3. The Morgan fingerprint density at radius 1 is 0.530 bits per heavy atom. The Morgan fingerprint density at radius 3 is 1.57 bits per heavy atom. The van der Waals surface area contributed by atoms with Gasteiger partial charge in [-0.15, -0.1) is 17.3 Å². The first-order valence-electron chi connectivity index (χ1n) is 32.5. The molecule has 0 saturated carbocycles. The Balaban J connectivity index is 0.0000130. The summed E-state index contributed by atoms with van der Waals surface area (Å²) in [4.78, 5) is 129. The standard InChI is InChI=1S/C67H97N15O14S2.O.Tc/c1-40(84)55(35-83)79-66(94)57(39-98)81-67(95)60(41(2)85)82-61(89)51(14-8-9-23-68)76-64(92)54(31-46-34-73-50-13-7-6-12-49(46)50)78-63(91)53(30-44-17-21-48(86)22-18-44)77-65(93)56(38-97)80-62(90)52(29-42-10-4-3-5-11-42)75-59(88)37-96-36-58(87)74-47-19-15-43(16-20-47)28-45(32-71-26-24-69)33-72-27-25-70;;/h3-7,10-13,15-22,34,40-41,45,51-57,60,71-73,83-86,97-98H,8-9,14,23-33,35-39,68-70H2,1-2H3,(H,74,87)(H,75,88)(H,76,92)(H,77,93)(H,78,91)(H,79,94)(H,80,90)(H,81,95)(H,82,89);;/q;-2;+5/p-3/t40-,41-,51+,52+,53+,54+,55?,56+,57+,60+;;/m1../s1/i;;1+1. The van der Waals surface area contributed by atoms with Gasteiger partial charge in [-0.1, -0.05) is 84.9 Å². The van der Waals surface area contributed by atoms with Gasteiger partial charge >= 0.3 is 20.1 Å². The predicted molar refractivity (Wildman–Crippen MR) is 373 cm³/mol. The summed E-state index contributed by atoms with van der Waals surface area (Å²) in [6.45, 7) is 4.85. The van der Waals surface area contributed by atoms with Gasteiger partial charge in [-0.3, -0.25) is 43.2 Å². The fraction of sp³-hybridized carbons (Fsp3) is 0.478. The Hall–Kier alpha value is -7.60. The second-order valence-electron chi connectivity index (χ2n) is 23.7. The zero-order valence-corrected chi connectivity index (χ0v) is 59.3. The summed E-state index contributed by atoms with van der Waals surface area (Å²) in [5, 5.41) is 73.4. The molecule has 0 saturated heterocycles. The molecule has 0 radical (unpaired) electrons. The molecule has 0 fully saturated rings. The Bertz CT molecular complexity index is 3320.